The van der Waals surface area contributed by atoms with Crippen molar-refractivity contribution in [1.29, 1.82) is 0 Å². The van der Waals surface area contributed by atoms with Gasteiger partial charge in [-0.05, 0) is 40.7 Å². The van der Waals surface area contributed by atoms with Crippen molar-refractivity contribution in [2.24, 2.45) is 5.73 Å². The molecule has 2 N–H and O–H groups in total. The Labute approximate surface area is 126 Å². The number of nitrogens with two attached hydrogens (primary N) is 1. The molecule has 0 saturated carbocycles. The Balaban J connectivity index is 2.23. The van der Waals surface area contributed by atoms with Crippen LogP contribution in [0.3, 0.4) is 0 Å². The van der Waals surface area contributed by atoms with E-state index in [1.807, 2.05) is 40.7 Å². The van der Waals surface area contributed by atoms with E-state index in [1.165, 1.54) is 0 Å². The van der Waals surface area contributed by atoms with E-state index in [0.717, 1.165) is 11.2 Å². The zero-order valence-corrected chi connectivity index (χ0v) is 13.5. The summed E-state index contributed by atoms with van der Waals surface area (Å²) in [6.07, 6.45) is 2.42. The summed E-state index contributed by atoms with van der Waals surface area (Å²) < 4.78 is 12.0. The number of rotatable bonds is 3. The first kappa shape index (κ1) is 15.8. The molecule has 1 saturated heterocycles. The van der Waals surface area contributed by atoms with Crippen LogP contribution in [-0.4, -0.2) is 29.3 Å². The maximum atomic E-state index is 6.34. The summed E-state index contributed by atoms with van der Waals surface area (Å²) in [5.74, 6) is 0. The lowest BCUT2D eigenvalue weighted by atomic mass is 9.80. The Morgan fingerprint density at radius 3 is 2.30 bits per heavy atom. The van der Waals surface area contributed by atoms with Gasteiger partial charge >= 0.3 is 7.12 Å². The first-order chi connectivity index (χ1) is 9.12. The van der Waals surface area contributed by atoms with Gasteiger partial charge in [0, 0.05) is 34.8 Å². The van der Waals surface area contributed by atoms with Gasteiger partial charge in [-0.15, -0.1) is 0 Å². The summed E-state index contributed by atoms with van der Waals surface area (Å²) in [5, 5.41) is 0.606. The van der Waals surface area contributed by atoms with E-state index in [0.29, 0.717) is 11.4 Å². The van der Waals surface area contributed by atoms with Crippen LogP contribution < -0.4 is 11.2 Å². The highest BCUT2D eigenvalue weighted by Gasteiger charge is 2.52. The van der Waals surface area contributed by atoms with E-state index >= 15 is 0 Å². The third kappa shape index (κ3) is 3.01. The number of hydrogen-bond acceptors (Lipinski definition) is 4. The molecule has 4 nitrogen and oxygen atoms in total. The molecule has 0 aliphatic carbocycles. The van der Waals surface area contributed by atoms with E-state index in [4.69, 9.17) is 26.6 Å². The quantitative estimate of drug-likeness (QED) is 0.866. The molecule has 110 valence electrons. The van der Waals surface area contributed by atoms with Gasteiger partial charge in [-0.25, -0.2) is 0 Å². The molecule has 2 heterocycles. The van der Waals surface area contributed by atoms with Gasteiger partial charge in [0.15, 0.2) is 0 Å². The molecule has 1 aromatic rings. The van der Waals surface area contributed by atoms with Gasteiger partial charge in [-0.2, -0.15) is 0 Å². The first-order valence-corrected chi connectivity index (χ1v) is 7.26. The zero-order valence-electron chi connectivity index (χ0n) is 12.7. The predicted molar refractivity (Wildman–Crippen MR) is 82.3 cm³/mol. The molecule has 0 spiro atoms. The van der Waals surface area contributed by atoms with Crippen molar-refractivity contribution in [2.45, 2.75) is 58.3 Å². The van der Waals surface area contributed by atoms with Crippen LogP contribution in [0.2, 0.25) is 5.02 Å². The average molecular weight is 297 g/mol. The van der Waals surface area contributed by atoms with Crippen molar-refractivity contribution in [3.8, 4) is 0 Å². The normalized spacial score (nSPS) is 22.1. The number of pyridine rings is 1. The van der Waals surface area contributed by atoms with E-state index in [1.54, 1.807) is 6.20 Å². The van der Waals surface area contributed by atoms with Crippen molar-refractivity contribution >= 4 is 24.2 Å². The summed E-state index contributed by atoms with van der Waals surface area (Å²) in [6, 6.07) is 1.90. The van der Waals surface area contributed by atoms with Crippen molar-refractivity contribution in [1.82, 2.24) is 4.98 Å². The van der Waals surface area contributed by atoms with Crippen LogP contribution in [0.1, 0.15) is 40.3 Å². The maximum Gasteiger partial charge on any atom is 0.497 e. The second kappa shape index (κ2) is 5.30. The van der Waals surface area contributed by atoms with E-state index in [9.17, 15) is 0 Å². The molecular formula is C14H22BClN2O2. The van der Waals surface area contributed by atoms with Crippen molar-refractivity contribution in [2.75, 3.05) is 0 Å². The highest BCUT2D eigenvalue weighted by molar-refractivity contribution is 6.65. The molecule has 1 atom stereocenters. The molecule has 1 aliphatic heterocycles. The molecule has 0 bridgehead atoms. The zero-order chi connectivity index (χ0) is 15.1. The van der Waals surface area contributed by atoms with Gasteiger partial charge in [0.1, 0.15) is 0 Å². The third-order valence-corrected chi connectivity index (χ3v) is 4.30. The minimum atomic E-state index is -0.482. The number of hydrogen-bond donors (Lipinski definition) is 1. The molecule has 1 aromatic heterocycles. The van der Waals surface area contributed by atoms with Crippen LogP contribution >= 0.6 is 11.6 Å². The number of halogens is 1. The smallest absolute Gasteiger partial charge is 0.399 e. The van der Waals surface area contributed by atoms with Crippen LogP contribution in [0.15, 0.2) is 12.3 Å². The van der Waals surface area contributed by atoms with Crippen LogP contribution in [-0.2, 0) is 15.7 Å². The molecule has 20 heavy (non-hydrogen) atoms. The van der Waals surface area contributed by atoms with Gasteiger partial charge in [-0.1, -0.05) is 11.6 Å². The van der Waals surface area contributed by atoms with Crippen LogP contribution in [0.25, 0.3) is 0 Å². The van der Waals surface area contributed by atoms with Gasteiger partial charge in [0.25, 0.3) is 0 Å². The molecule has 1 unspecified atom stereocenters. The van der Waals surface area contributed by atoms with Crippen molar-refractivity contribution < 1.29 is 9.31 Å². The lowest BCUT2D eigenvalue weighted by Gasteiger charge is -2.32. The Morgan fingerprint density at radius 1 is 1.30 bits per heavy atom. The summed E-state index contributed by atoms with van der Waals surface area (Å²) in [7, 11) is -0.482. The molecule has 6 heteroatoms. The van der Waals surface area contributed by atoms with E-state index < -0.39 is 7.12 Å². The highest BCUT2D eigenvalue weighted by Crippen LogP contribution is 2.36. The van der Waals surface area contributed by atoms with Crippen LogP contribution in [0.4, 0.5) is 0 Å². The molecule has 0 aromatic carbocycles. The van der Waals surface area contributed by atoms with Gasteiger partial charge < -0.3 is 15.0 Å². The van der Waals surface area contributed by atoms with E-state index in [2.05, 4.69) is 4.98 Å². The predicted octanol–water partition coefficient (Wildman–Crippen LogP) is 1.92. The SMILES string of the molecule is CC(N)Cc1cc(Cl)c(B2OC(C)(C)C(C)(C)O2)cn1. The average Bonchev–Trinajstić information content (AvgIpc) is 2.46. The highest BCUT2D eigenvalue weighted by atomic mass is 35.5. The van der Waals surface area contributed by atoms with Gasteiger partial charge in [-0.3, -0.25) is 4.98 Å². The monoisotopic (exact) mass is 296 g/mol. The Hall–Kier alpha value is -0.615. The van der Waals surface area contributed by atoms with Crippen molar-refractivity contribution in [3.05, 3.63) is 23.0 Å². The summed E-state index contributed by atoms with van der Waals surface area (Å²) in [5.41, 5.74) is 6.65. The number of aromatic nitrogens is 1. The topological polar surface area (TPSA) is 57.4 Å². The maximum absolute atomic E-state index is 6.34. The fraction of sp³-hybridized carbons (Fsp3) is 0.643. The van der Waals surface area contributed by atoms with Crippen LogP contribution in [0, 0.1) is 0 Å². The van der Waals surface area contributed by atoms with E-state index in [-0.39, 0.29) is 17.2 Å². The molecule has 0 amide bonds. The lowest BCUT2D eigenvalue weighted by molar-refractivity contribution is 0.00578. The lowest BCUT2D eigenvalue weighted by Crippen LogP contribution is -2.41. The Bertz CT molecular complexity index is 490. The summed E-state index contributed by atoms with van der Waals surface area (Å²) in [6.45, 7) is 9.99. The second-order valence-electron chi connectivity index (χ2n) is 6.47. The molecule has 1 aliphatic rings. The largest absolute Gasteiger partial charge is 0.497 e. The van der Waals surface area contributed by atoms with Crippen LogP contribution in [0.5, 0.6) is 0 Å². The second-order valence-corrected chi connectivity index (χ2v) is 6.87. The van der Waals surface area contributed by atoms with Crippen molar-refractivity contribution in [3.63, 3.8) is 0 Å². The van der Waals surface area contributed by atoms with Gasteiger partial charge in [0.05, 0.1) is 11.2 Å². The standard InChI is InChI=1S/C14H22BClN2O2/c1-9(17)6-10-7-12(16)11(8-18-10)15-19-13(2,3)14(4,5)20-15/h7-9H,6,17H2,1-5H3. The fourth-order valence-corrected chi connectivity index (χ4v) is 2.33. The summed E-state index contributed by atoms with van der Waals surface area (Å²) >= 11 is 6.34. The number of nitrogens with zero attached hydrogens (tertiary/aromatic N) is 1. The fourth-order valence-electron chi connectivity index (χ4n) is 2.07. The molecule has 1 fully saturated rings. The van der Waals surface area contributed by atoms with Gasteiger partial charge in [0.2, 0.25) is 0 Å². The molecule has 2 rings (SSSR count). The molecular weight excluding hydrogens is 274 g/mol. The first-order valence-electron chi connectivity index (χ1n) is 6.88. The third-order valence-electron chi connectivity index (χ3n) is 3.98. The Morgan fingerprint density at radius 2 is 1.85 bits per heavy atom. The minimum absolute atomic E-state index is 0.0567. The Kier molecular flexibility index (Phi) is 4.18. The minimum Gasteiger partial charge on any atom is -0.399 e. The summed E-state index contributed by atoms with van der Waals surface area (Å²) in [4.78, 5) is 4.40. The molecule has 0 radical (unpaired) electrons.